The van der Waals surface area contributed by atoms with Crippen molar-refractivity contribution in [2.45, 2.75) is 12.1 Å². The van der Waals surface area contributed by atoms with Gasteiger partial charge in [0.2, 0.25) is 20.9 Å². The lowest BCUT2D eigenvalue weighted by atomic mass is 10.1. The van der Waals surface area contributed by atoms with Crippen LogP contribution in [0.5, 0.6) is 0 Å². The molecule has 0 fully saturated rings. The highest BCUT2D eigenvalue weighted by Crippen LogP contribution is 2.14. The Kier molecular flexibility index (Phi) is 2.62. The van der Waals surface area contributed by atoms with Crippen LogP contribution in [0.3, 0.4) is 0 Å². The van der Waals surface area contributed by atoms with Gasteiger partial charge in [0.1, 0.15) is 0 Å². The van der Waals surface area contributed by atoms with Crippen LogP contribution in [-0.4, -0.2) is 29.3 Å². The highest BCUT2D eigenvalue weighted by atomic mass is 32.2. The summed E-state index contributed by atoms with van der Waals surface area (Å²) in [4.78, 5) is 12.4. The zero-order valence-corrected chi connectivity index (χ0v) is 11.7. The van der Waals surface area contributed by atoms with E-state index in [0.717, 1.165) is 17.2 Å². The first kappa shape index (κ1) is 12.7. The Balaban J connectivity index is 2.58. The number of sulfone groups is 1. The predicted molar refractivity (Wildman–Crippen MR) is 74.6 cm³/mol. The van der Waals surface area contributed by atoms with E-state index in [-0.39, 0.29) is 16.2 Å². The SMILES string of the molecule is Cc1ccc2c(=O)c3nnc(S(C)(=O)=O)n3ccc2c1. The van der Waals surface area contributed by atoms with Gasteiger partial charge < -0.3 is 0 Å². The molecule has 0 aliphatic rings. The summed E-state index contributed by atoms with van der Waals surface area (Å²) in [6.45, 7) is 1.92. The topological polar surface area (TPSA) is 81.4 Å². The van der Waals surface area contributed by atoms with Gasteiger partial charge in [-0.25, -0.2) is 8.42 Å². The van der Waals surface area contributed by atoms with E-state index in [9.17, 15) is 13.2 Å². The maximum atomic E-state index is 12.4. The number of benzene rings is 1. The molecule has 0 atom stereocenters. The van der Waals surface area contributed by atoms with E-state index in [1.54, 1.807) is 12.1 Å². The molecule has 0 saturated carbocycles. The smallest absolute Gasteiger partial charge is 0.253 e. The number of hydrogen-bond donors (Lipinski definition) is 0. The molecule has 3 aromatic rings. The number of aromatic nitrogens is 3. The molecule has 102 valence electrons. The van der Waals surface area contributed by atoms with E-state index in [2.05, 4.69) is 10.2 Å². The van der Waals surface area contributed by atoms with E-state index in [4.69, 9.17) is 0 Å². The first-order valence-electron chi connectivity index (χ1n) is 5.86. The second-order valence-corrected chi connectivity index (χ2v) is 6.59. The van der Waals surface area contributed by atoms with E-state index in [1.165, 1.54) is 10.6 Å². The highest BCUT2D eigenvalue weighted by Gasteiger charge is 2.17. The molecule has 0 saturated heterocycles. The van der Waals surface area contributed by atoms with Gasteiger partial charge in [0.25, 0.3) is 5.16 Å². The maximum absolute atomic E-state index is 12.4. The minimum atomic E-state index is -3.55. The van der Waals surface area contributed by atoms with Crippen LogP contribution in [0.15, 0.2) is 40.4 Å². The summed E-state index contributed by atoms with van der Waals surface area (Å²) >= 11 is 0. The average Bonchev–Trinajstić information content (AvgIpc) is 2.74. The minimum Gasteiger partial charge on any atom is -0.285 e. The van der Waals surface area contributed by atoms with Gasteiger partial charge in [-0.3, -0.25) is 9.20 Å². The minimum absolute atomic E-state index is 0.00396. The summed E-state index contributed by atoms with van der Waals surface area (Å²) in [5.74, 6) is 0. The van der Waals surface area contributed by atoms with Crippen molar-refractivity contribution in [2.24, 2.45) is 0 Å². The molecule has 0 aliphatic heterocycles. The first-order valence-corrected chi connectivity index (χ1v) is 7.75. The molecule has 0 unspecified atom stereocenters. The average molecular weight is 289 g/mol. The van der Waals surface area contributed by atoms with Gasteiger partial charge in [0, 0.05) is 17.8 Å². The lowest BCUT2D eigenvalue weighted by Crippen LogP contribution is -2.05. The van der Waals surface area contributed by atoms with Crippen LogP contribution in [0, 0.1) is 6.92 Å². The van der Waals surface area contributed by atoms with Crippen LogP contribution in [0.2, 0.25) is 0 Å². The van der Waals surface area contributed by atoms with Gasteiger partial charge in [-0.2, -0.15) is 0 Å². The van der Waals surface area contributed by atoms with Crippen molar-refractivity contribution in [1.82, 2.24) is 14.6 Å². The number of aryl methyl sites for hydroxylation is 1. The molecule has 6 nitrogen and oxygen atoms in total. The van der Waals surface area contributed by atoms with Gasteiger partial charge in [0.05, 0.1) is 0 Å². The van der Waals surface area contributed by atoms with Crippen LogP contribution < -0.4 is 5.43 Å². The van der Waals surface area contributed by atoms with Gasteiger partial charge in [-0.05, 0) is 18.4 Å². The molecule has 7 heteroatoms. The number of rotatable bonds is 1. The van der Waals surface area contributed by atoms with Crippen LogP contribution in [0.25, 0.3) is 16.4 Å². The molecule has 0 aliphatic carbocycles. The zero-order valence-electron chi connectivity index (χ0n) is 10.9. The molecule has 0 bridgehead atoms. The lowest BCUT2D eigenvalue weighted by molar-refractivity contribution is 0.591. The fourth-order valence-electron chi connectivity index (χ4n) is 2.12. The molecule has 0 spiro atoms. The van der Waals surface area contributed by atoms with Crippen LogP contribution in [-0.2, 0) is 9.84 Å². The summed E-state index contributed by atoms with van der Waals surface area (Å²) in [6.07, 6.45) is 2.54. The third-order valence-electron chi connectivity index (χ3n) is 3.05. The monoisotopic (exact) mass is 289 g/mol. The molecular formula is C13H11N3O3S. The van der Waals surface area contributed by atoms with E-state index < -0.39 is 9.84 Å². The summed E-state index contributed by atoms with van der Waals surface area (Å²) in [5, 5.41) is 8.31. The molecule has 2 heterocycles. The fourth-order valence-corrected chi connectivity index (χ4v) is 2.81. The quantitative estimate of drug-likeness (QED) is 0.666. The van der Waals surface area contributed by atoms with Gasteiger partial charge in [-0.15, -0.1) is 10.2 Å². The summed E-state index contributed by atoms with van der Waals surface area (Å²) in [7, 11) is -3.55. The third-order valence-corrected chi connectivity index (χ3v) is 4.00. The van der Waals surface area contributed by atoms with Crippen molar-refractivity contribution in [3.05, 3.63) is 46.2 Å². The van der Waals surface area contributed by atoms with Crippen LogP contribution in [0.1, 0.15) is 5.56 Å². The summed E-state index contributed by atoms with van der Waals surface area (Å²) < 4.78 is 24.5. The van der Waals surface area contributed by atoms with Gasteiger partial charge in [-0.1, -0.05) is 23.8 Å². The van der Waals surface area contributed by atoms with Crippen molar-refractivity contribution in [3.8, 4) is 0 Å². The maximum Gasteiger partial charge on any atom is 0.253 e. The largest absolute Gasteiger partial charge is 0.285 e. The molecule has 0 N–H and O–H groups in total. The molecule has 1 aromatic carbocycles. The van der Waals surface area contributed by atoms with E-state index in [1.807, 2.05) is 19.1 Å². The lowest BCUT2D eigenvalue weighted by Gasteiger charge is -1.93. The normalized spacial score (nSPS) is 12.1. The standard InChI is InChI=1S/C13H11N3O3S/c1-8-3-4-10-9(7-8)5-6-16-12(11(10)17)14-15-13(16)20(2,18)19/h3-7H,1-2H3. The van der Waals surface area contributed by atoms with Crippen molar-refractivity contribution >= 4 is 26.3 Å². The molecule has 0 amide bonds. The Labute approximate surface area is 114 Å². The molecular weight excluding hydrogens is 278 g/mol. The number of hydrogen-bond acceptors (Lipinski definition) is 5. The van der Waals surface area contributed by atoms with E-state index >= 15 is 0 Å². The Morgan fingerprint density at radius 3 is 2.60 bits per heavy atom. The Hall–Kier alpha value is -2.28. The summed E-state index contributed by atoms with van der Waals surface area (Å²) in [5.41, 5.74) is 0.680. The third kappa shape index (κ3) is 1.87. The molecule has 0 radical (unpaired) electrons. The van der Waals surface area contributed by atoms with Crippen LogP contribution in [0.4, 0.5) is 0 Å². The Morgan fingerprint density at radius 1 is 1.15 bits per heavy atom. The highest BCUT2D eigenvalue weighted by molar-refractivity contribution is 7.90. The second-order valence-electron chi connectivity index (χ2n) is 4.68. The first-order chi connectivity index (χ1) is 9.38. The summed E-state index contributed by atoms with van der Waals surface area (Å²) in [6, 6.07) is 7.09. The Bertz CT molecular complexity index is 1010. The van der Waals surface area contributed by atoms with Crippen molar-refractivity contribution in [3.63, 3.8) is 0 Å². The van der Waals surface area contributed by atoms with Crippen molar-refractivity contribution in [2.75, 3.05) is 6.26 Å². The van der Waals surface area contributed by atoms with Gasteiger partial charge >= 0.3 is 0 Å². The molecule has 20 heavy (non-hydrogen) atoms. The van der Waals surface area contributed by atoms with Crippen molar-refractivity contribution < 1.29 is 8.42 Å². The molecule has 2 aromatic heterocycles. The van der Waals surface area contributed by atoms with Crippen molar-refractivity contribution in [1.29, 1.82) is 0 Å². The number of nitrogens with zero attached hydrogens (tertiary/aromatic N) is 3. The van der Waals surface area contributed by atoms with Crippen LogP contribution >= 0.6 is 0 Å². The Morgan fingerprint density at radius 2 is 1.90 bits per heavy atom. The van der Waals surface area contributed by atoms with Gasteiger partial charge in [0.15, 0.2) is 0 Å². The zero-order chi connectivity index (χ0) is 14.5. The van der Waals surface area contributed by atoms with E-state index in [0.29, 0.717) is 5.39 Å². The molecule has 3 rings (SSSR count). The fraction of sp³-hybridized carbons (Fsp3) is 0.154. The number of fused-ring (bicyclic) bond motifs is 2. The predicted octanol–water partition coefficient (Wildman–Crippen LogP) is 0.955. The second kappa shape index (κ2) is 4.11.